The van der Waals surface area contributed by atoms with E-state index in [0.29, 0.717) is 11.6 Å². The van der Waals surface area contributed by atoms with Gasteiger partial charge in [-0.15, -0.1) is 0 Å². The van der Waals surface area contributed by atoms with Crippen molar-refractivity contribution in [3.63, 3.8) is 0 Å². The van der Waals surface area contributed by atoms with E-state index in [-0.39, 0.29) is 25.5 Å². The molecule has 2 amide bonds. The first kappa shape index (κ1) is 15.6. The zero-order valence-corrected chi connectivity index (χ0v) is 12.2. The largest absolute Gasteiger partial charge is 0.445 e. The Morgan fingerprint density at radius 2 is 2.05 bits per heavy atom. The Labute approximate surface area is 127 Å². The van der Waals surface area contributed by atoms with Crippen LogP contribution in [-0.4, -0.2) is 23.7 Å². The Bertz CT molecular complexity index is 625. The number of hydrogen-bond acceptors (Lipinski definition) is 5. The number of rotatable bonds is 6. The summed E-state index contributed by atoms with van der Waals surface area (Å²) in [6.45, 7) is 2.10. The summed E-state index contributed by atoms with van der Waals surface area (Å²) in [4.78, 5) is 23.1. The van der Waals surface area contributed by atoms with E-state index >= 15 is 0 Å². The smallest absolute Gasteiger partial charge is 0.407 e. The number of carbonyl (C=O) groups excluding carboxylic acids is 2. The molecule has 1 aromatic heterocycles. The summed E-state index contributed by atoms with van der Waals surface area (Å²) >= 11 is 0. The third-order valence-corrected chi connectivity index (χ3v) is 2.73. The van der Waals surface area contributed by atoms with E-state index in [1.54, 1.807) is 13.0 Å². The van der Waals surface area contributed by atoms with Gasteiger partial charge in [-0.1, -0.05) is 35.5 Å². The SMILES string of the molecule is Cc1cc(NC(=O)CCNC(=O)OCc2ccccc2)no1. The van der Waals surface area contributed by atoms with Crippen LogP contribution in [0.5, 0.6) is 0 Å². The fraction of sp³-hybridized carbons (Fsp3) is 0.267. The number of nitrogens with one attached hydrogen (secondary N) is 2. The van der Waals surface area contributed by atoms with Gasteiger partial charge in [-0.3, -0.25) is 4.79 Å². The minimum absolute atomic E-state index is 0.117. The molecular formula is C15H17N3O4. The first-order valence-electron chi connectivity index (χ1n) is 6.81. The van der Waals surface area contributed by atoms with Gasteiger partial charge < -0.3 is 19.9 Å². The van der Waals surface area contributed by atoms with Gasteiger partial charge in [0.15, 0.2) is 5.82 Å². The number of benzene rings is 1. The van der Waals surface area contributed by atoms with Crippen molar-refractivity contribution < 1.29 is 18.8 Å². The second-order valence-corrected chi connectivity index (χ2v) is 4.61. The first-order valence-corrected chi connectivity index (χ1v) is 6.81. The van der Waals surface area contributed by atoms with Crippen LogP contribution in [0, 0.1) is 6.92 Å². The summed E-state index contributed by atoms with van der Waals surface area (Å²) in [5.74, 6) is 0.698. The molecule has 0 aliphatic heterocycles. The van der Waals surface area contributed by atoms with E-state index in [4.69, 9.17) is 9.26 Å². The molecular weight excluding hydrogens is 286 g/mol. The third kappa shape index (κ3) is 5.28. The monoisotopic (exact) mass is 303 g/mol. The minimum Gasteiger partial charge on any atom is -0.445 e. The molecule has 7 heteroatoms. The van der Waals surface area contributed by atoms with Crippen LogP contribution in [0.15, 0.2) is 40.9 Å². The maximum absolute atomic E-state index is 11.6. The van der Waals surface area contributed by atoms with Crippen LogP contribution in [0.4, 0.5) is 10.6 Å². The fourth-order valence-corrected chi connectivity index (χ4v) is 1.68. The van der Waals surface area contributed by atoms with Gasteiger partial charge in [0.05, 0.1) is 0 Å². The van der Waals surface area contributed by atoms with E-state index in [1.165, 1.54) is 0 Å². The van der Waals surface area contributed by atoms with Crippen LogP contribution >= 0.6 is 0 Å². The topological polar surface area (TPSA) is 93.5 Å². The summed E-state index contributed by atoms with van der Waals surface area (Å²) in [5.41, 5.74) is 0.900. The van der Waals surface area contributed by atoms with E-state index in [9.17, 15) is 9.59 Å². The summed E-state index contributed by atoms with van der Waals surface area (Å²) < 4.78 is 9.85. The number of alkyl carbamates (subject to hydrolysis) is 1. The molecule has 0 saturated carbocycles. The molecule has 0 aliphatic rings. The lowest BCUT2D eigenvalue weighted by atomic mass is 10.2. The van der Waals surface area contributed by atoms with E-state index < -0.39 is 6.09 Å². The number of aryl methyl sites for hydroxylation is 1. The maximum atomic E-state index is 11.6. The molecule has 0 aliphatic carbocycles. The third-order valence-electron chi connectivity index (χ3n) is 2.73. The van der Waals surface area contributed by atoms with Crippen molar-refractivity contribution in [2.24, 2.45) is 0 Å². The second-order valence-electron chi connectivity index (χ2n) is 4.61. The van der Waals surface area contributed by atoms with Crippen molar-refractivity contribution >= 4 is 17.8 Å². The zero-order chi connectivity index (χ0) is 15.8. The molecule has 1 aromatic carbocycles. The molecule has 0 unspecified atom stereocenters. The van der Waals surface area contributed by atoms with E-state index in [1.807, 2.05) is 30.3 Å². The van der Waals surface area contributed by atoms with Gasteiger partial charge in [0.2, 0.25) is 5.91 Å². The highest BCUT2D eigenvalue weighted by atomic mass is 16.5. The predicted octanol–water partition coefficient (Wildman–Crippen LogP) is 2.24. The first-order chi connectivity index (χ1) is 10.6. The summed E-state index contributed by atoms with van der Waals surface area (Å²) in [6.07, 6.45) is -0.444. The lowest BCUT2D eigenvalue weighted by Crippen LogP contribution is -2.28. The van der Waals surface area contributed by atoms with Gasteiger partial charge in [-0.05, 0) is 12.5 Å². The van der Waals surface area contributed by atoms with Gasteiger partial charge in [-0.2, -0.15) is 0 Å². The molecule has 7 nitrogen and oxygen atoms in total. The number of aromatic nitrogens is 1. The lowest BCUT2D eigenvalue weighted by molar-refractivity contribution is -0.116. The average Bonchev–Trinajstić information content (AvgIpc) is 2.91. The van der Waals surface area contributed by atoms with Gasteiger partial charge in [0.25, 0.3) is 0 Å². The Hall–Kier alpha value is -2.83. The summed E-state index contributed by atoms with van der Waals surface area (Å²) in [7, 11) is 0. The highest BCUT2D eigenvalue weighted by molar-refractivity contribution is 5.90. The van der Waals surface area contributed by atoms with Gasteiger partial charge in [-0.25, -0.2) is 4.79 Å². The van der Waals surface area contributed by atoms with Crippen LogP contribution in [-0.2, 0) is 16.1 Å². The van der Waals surface area contributed by atoms with Gasteiger partial charge >= 0.3 is 6.09 Å². The van der Waals surface area contributed by atoms with Crippen LogP contribution in [0.1, 0.15) is 17.7 Å². The van der Waals surface area contributed by atoms with E-state index in [0.717, 1.165) is 5.56 Å². The maximum Gasteiger partial charge on any atom is 0.407 e. The van der Waals surface area contributed by atoms with Crippen molar-refractivity contribution in [1.29, 1.82) is 0 Å². The molecule has 2 N–H and O–H groups in total. The molecule has 116 valence electrons. The van der Waals surface area contributed by atoms with Crippen molar-refractivity contribution in [2.45, 2.75) is 20.0 Å². The predicted molar refractivity (Wildman–Crippen MR) is 79.1 cm³/mol. The van der Waals surface area contributed by atoms with Crippen molar-refractivity contribution in [2.75, 3.05) is 11.9 Å². The quantitative estimate of drug-likeness (QED) is 0.853. The van der Waals surface area contributed by atoms with E-state index in [2.05, 4.69) is 15.8 Å². The summed E-state index contributed by atoms with van der Waals surface area (Å²) in [5, 5.41) is 8.71. The Morgan fingerprint density at radius 1 is 1.27 bits per heavy atom. The second kappa shape index (κ2) is 7.82. The standard InChI is InChI=1S/C15H17N3O4/c1-11-9-13(18-22-11)17-14(19)7-8-16-15(20)21-10-12-5-3-2-4-6-12/h2-6,9H,7-8,10H2,1H3,(H,16,20)(H,17,18,19). The fourth-order valence-electron chi connectivity index (χ4n) is 1.68. The lowest BCUT2D eigenvalue weighted by Gasteiger charge is -2.06. The molecule has 2 rings (SSSR count). The number of carbonyl (C=O) groups is 2. The van der Waals surface area contributed by atoms with Crippen LogP contribution in [0.25, 0.3) is 0 Å². The van der Waals surface area contributed by atoms with Crippen LogP contribution < -0.4 is 10.6 Å². The Kier molecular flexibility index (Phi) is 5.53. The number of anilines is 1. The molecule has 0 saturated heterocycles. The van der Waals surface area contributed by atoms with Crippen molar-refractivity contribution in [1.82, 2.24) is 10.5 Å². The minimum atomic E-state index is -0.561. The molecule has 0 radical (unpaired) electrons. The molecule has 2 aromatic rings. The molecule has 22 heavy (non-hydrogen) atoms. The number of hydrogen-bond donors (Lipinski definition) is 2. The molecule has 0 bridgehead atoms. The Morgan fingerprint density at radius 3 is 2.73 bits per heavy atom. The molecule has 1 heterocycles. The number of amides is 2. The Balaban J connectivity index is 1.61. The zero-order valence-electron chi connectivity index (χ0n) is 12.2. The highest BCUT2D eigenvalue weighted by Gasteiger charge is 2.07. The van der Waals surface area contributed by atoms with Crippen LogP contribution in [0.3, 0.4) is 0 Å². The van der Waals surface area contributed by atoms with Gasteiger partial charge in [0.1, 0.15) is 12.4 Å². The number of ether oxygens (including phenoxy) is 1. The number of nitrogens with zero attached hydrogens (tertiary/aromatic N) is 1. The van der Waals surface area contributed by atoms with Crippen molar-refractivity contribution in [3.8, 4) is 0 Å². The average molecular weight is 303 g/mol. The summed E-state index contributed by atoms with van der Waals surface area (Å²) in [6, 6.07) is 11.0. The normalized spacial score (nSPS) is 10.0. The molecule has 0 spiro atoms. The van der Waals surface area contributed by atoms with Crippen molar-refractivity contribution in [3.05, 3.63) is 47.7 Å². The van der Waals surface area contributed by atoms with Crippen LogP contribution in [0.2, 0.25) is 0 Å². The molecule has 0 atom stereocenters. The highest BCUT2D eigenvalue weighted by Crippen LogP contribution is 2.07. The molecule has 0 fully saturated rings. The van der Waals surface area contributed by atoms with Gasteiger partial charge in [0, 0.05) is 19.0 Å².